The highest BCUT2D eigenvalue weighted by atomic mass is 16.5. The number of nitrogens with zero attached hydrogens (tertiary/aromatic N) is 1. The molecule has 0 radical (unpaired) electrons. The summed E-state index contributed by atoms with van der Waals surface area (Å²) in [7, 11) is 0. The summed E-state index contributed by atoms with van der Waals surface area (Å²) < 4.78 is 13.1. The second kappa shape index (κ2) is 8.65. The Labute approximate surface area is 205 Å². The predicted octanol–water partition coefficient (Wildman–Crippen LogP) is 5.88. The van der Waals surface area contributed by atoms with Crippen LogP contribution in [0.1, 0.15) is 77.0 Å². The largest absolute Gasteiger partial charge is 0.381 e. The van der Waals surface area contributed by atoms with Crippen molar-refractivity contribution in [1.82, 2.24) is 4.98 Å². The minimum absolute atomic E-state index is 0.203. The molecular formula is C29H43N3O2. The molecule has 0 aliphatic heterocycles. The van der Waals surface area contributed by atoms with Gasteiger partial charge in [0, 0.05) is 13.1 Å². The number of hydrogen-bond acceptors (Lipinski definition) is 5. The molecule has 0 unspecified atom stereocenters. The lowest BCUT2D eigenvalue weighted by atomic mass is 9.54. The van der Waals surface area contributed by atoms with Crippen LogP contribution in [0, 0.1) is 35.5 Å². The molecule has 0 spiro atoms. The molecule has 8 aliphatic rings. The lowest BCUT2D eigenvalue weighted by molar-refractivity contribution is -0.160. The van der Waals surface area contributed by atoms with Crippen LogP contribution in [-0.4, -0.2) is 42.5 Å². The zero-order chi connectivity index (χ0) is 22.6. The van der Waals surface area contributed by atoms with E-state index in [2.05, 4.69) is 21.7 Å². The van der Waals surface area contributed by atoms with E-state index in [0.717, 1.165) is 73.2 Å². The molecule has 0 aromatic carbocycles. The Morgan fingerprint density at radius 3 is 1.32 bits per heavy atom. The van der Waals surface area contributed by atoms with E-state index in [1.165, 1.54) is 77.0 Å². The van der Waals surface area contributed by atoms with Gasteiger partial charge in [0.05, 0.1) is 48.2 Å². The second-order valence-corrected chi connectivity index (χ2v) is 13.2. The summed E-state index contributed by atoms with van der Waals surface area (Å²) in [6, 6.07) is 2.17. The maximum absolute atomic E-state index is 6.56. The Hall–Kier alpha value is -1.33. The Morgan fingerprint density at radius 2 is 0.971 bits per heavy atom. The first kappa shape index (κ1) is 21.9. The fourth-order valence-corrected chi connectivity index (χ4v) is 9.98. The molecule has 5 nitrogen and oxygen atoms in total. The molecule has 5 heteroatoms. The third kappa shape index (κ3) is 4.36. The van der Waals surface area contributed by atoms with E-state index >= 15 is 0 Å². The zero-order valence-corrected chi connectivity index (χ0v) is 20.8. The summed E-state index contributed by atoms with van der Waals surface area (Å²) >= 11 is 0. The van der Waals surface area contributed by atoms with Gasteiger partial charge in [-0.1, -0.05) is 0 Å². The number of anilines is 2. The van der Waals surface area contributed by atoms with Crippen LogP contribution < -0.4 is 10.6 Å². The van der Waals surface area contributed by atoms with Gasteiger partial charge in [0.1, 0.15) is 0 Å². The smallest absolute Gasteiger partial charge is 0.0691 e. The van der Waals surface area contributed by atoms with E-state index in [1.807, 2.05) is 12.4 Å². The van der Waals surface area contributed by atoms with Crippen molar-refractivity contribution in [2.75, 3.05) is 36.9 Å². The first-order chi connectivity index (χ1) is 16.6. The van der Waals surface area contributed by atoms with Gasteiger partial charge in [-0.3, -0.25) is 4.98 Å². The van der Waals surface area contributed by atoms with E-state index in [0.29, 0.717) is 0 Å². The molecule has 1 heterocycles. The molecule has 2 N–H and O–H groups in total. The van der Waals surface area contributed by atoms with E-state index in [4.69, 9.17) is 9.47 Å². The number of aromatic nitrogens is 1. The minimum atomic E-state index is 0.203. The van der Waals surface area contributed by atoms with Crippen LogP contribution in [0.5, 0.6) is 0 Å². The number of ether oxygens (including phenoxy) is 2. The molecule has 8 saturated carbocycles. The summed E-state index contributed by atoms with van der Waals surface area (Å²) in [5.74, 6) is 5.66. The average molecular weight is 466 g/mol. The molecule has 1 aromatic rings. The van der Waals surface area contributed by atoms with Gasteiger partial charge in [-0.15, -0.1) is 0 Å². The van der Waals surface area contributed by atoms with Crippen molar-refractivity contribution in [3.05, 3.63) is 18.5 Å². The minimum Gasteiger partial charge on any atom is -0.381 e. The molecule has 34 heavy (non-hydrogen) atoms. The first-order valence-electron chi connectivity index (χ1n) is 14.3. The normalized spacial score (nSPS) is 43.4. The van der Waals surface area contributed by atoms with Gasteiger partial charge in [0.25, 0.3) is 0 Å². The molecule has 0 amide bonds. The SMILES string of the molecule is c1ncc(NCCOC23CC4CC(CC(C4)C2)C3)cc1NCCOC12CC3CC(CC(C3)C1)C2. The number of rotatable bonds is 10. The number of hydrogen-bond donors (Lipinski definition) is 2. The molecule has 8 aliphatic carbocycles. The van der Waals surface area contributed by atoms with Crippen LogP contribution in [0.15, 0.2) is 18.5 Å². The van der Waals surface area contributed by atoms with Crippen molar-refractivity contribution in [1.29, 1.82) is 0 Å². The molecule has 1 aromatic heterocycles. The van der Waals surface area contributed by atoms with Crippen LogP contribution in [0.25, 0.3) is 0 Å². The van der Waals surface area contributed by atoms with Crippen LogP contribution >= 0.6 is 0 Å². The predicted molar refractivity (Wildman–Crippen MR) is 135 cm³/mol. The molecule has 8 fully saturated rings. The summed E-state index contributed by atoms with van der Waals surface area (Å²) in [5.41, 5.74) is 2.55. The van der Waals surface area contributed by atoms with Crippen LogP contribution in [0.4, 0.5) is 11.4 Å². The van der Waals surface area contributed by atoms with Crippen LogP contribution in [-0.2, 0) is 9.47 Å². The fraction of sp³-hybridized carbons (Fsp3) is 0.828. The number of pyridine rings is 1. The number of nitrogens with one attached hydrogen (secondary N) is 2. The monoisotopic (exact) mass is 465 g/mol. The van der Waals surface area contributed by atoms with Gasteiger partial charge in [-0.05, 0) is 119 Å². The third-order valence-corrected chi connectivity index (χ3v) is 10.4. The van der Waals surface area contributed by atoms with E-state index < -0.39 is 0 Å². The molecule has 8 bridgehead atoms. The highest BCUT2D eigenvalue weighted by Crippen LogP contribution is 2.58. The van der Waals surface area contributed by atoms with Gasteiger partial charge in [0.15, 0.2) is 0 Å². The highest BCUT2D eigenvalue weighted by Gasteiger charge is 2.52. The summed E-state index contributed by atoms with van der Waals surface area (Å²) in [6.45, 7) is 3.29. The Kier molecular flexibility index (Phi) is 5.58. The van der Waals surface area contributed by atoms with Gasteiger partial charge >= 0.3 is 0 Å². The van der Waals surface area contributed by atoms with Gasteiger partial charge in [0.2, 0.25) is 0 Å². The van der Waals surface area contributed by atoms with Crippen molar-refractivity contribution in [2.24, 2.45) is 35.5 Å². The molecule has 9 rings (SSSR count). The van der Waals surface area contributed by atoms with E-state index in [9.17, 15) is 0 Å². The standard InChI is InChI=1S/C29H43N3O2/c1(3-33-28-12-20-5-21(13-28)7-22(6-20)14-28)31-26-11-27(19-30-18-26)32-2-4-34-29-15-23-8-24(16-29)10-25(9-23)17-29/h11,18-25,31-32H,1-10,12-17H2. The quantitative estimate of drug-likeness (QED) is 0.423. The van der Waals surface area contributed by atoms with Crippen molar-refractivity contribution in [2.45, 2.75) is 88.3 Å². The molecule has 186 valence electrons. The molecule has 0 atom stereocenters. The maximum atomic E-state index is 6.56. The van der Waals surface area contributed by atoms with E-state index in [1.54, 1.807) is 0 Å². The van der Waals surface area contributed by atoms with Gasteiger partial charge < -0.3 is 20.1 Å². The fourth-order valence-electron chi connectivity index (χ4n) is 9.98. The lowest BCUT2D eigenvalue weighted by Crippen LogP contribution is -2.52. The Morgan fingerprint density at radius 1 is 0.618 bits per heavy atom. The van der Waals surface area contributed by atoms with Crippen molar-refractivity contribution >= 4 is 11.4 Å². The summed E-state index contributed by atoms with van der Waals surface area (Å²) in [4.78, 5) is 4.44. The van der Waals surface area contributed by atoms with Gasteiger partial charge in [-0.25, -0.2) is 0 Å². The Bertz CT molecular complexity index is 748. The lowest BCUT2D eigenvalue weighted by Gasteiger charge is -2.56. The van der Waals surface area contributed by atoms with E-state index in [-0.39, 0.29) is 11.2 Å². The average Bonchev–Trinajstić information content (AvgIpc) is 2.78. The maximum Gasteiger partial charge on any atom is 0.0691 e. The molecule has 0 saturated heterocycles. The first-order valence-corrected chi connectivity index (χ1v) is 14.3. The van der Waals surface area contributed by atoms with Crippen molar-refractivity contribution in [3.8, 4) is 0 Å². The van der Waals surface area contributed by atoms with Crippen LogP contribution in [0.2, 0.25) is 0 Å². The summed E-state index contributed by atoms with van der Waals surface area (Å²) in [5, 5.41) is 7.08. The topological polar surface area (TPSA) is 55.4 Å². The highest BCUT2D eigenvalue weighted by molar-refractivity contribution is 5.53. The van der Waals surface area contributed by atoms with Crippen LogP contribution in [0.3, 0.4) is 0 Å². The summed E-state index contributed by atoms with van der Waals surface area (Å²) in [6.07, 6.45) is 20.5. The second-order valence-electron chi connectivity index (χ2n) is 13.2. The zero-order valence-electron chi connectivity index (χ0n) is 20.8. The Balaban J connectivity index is 0.849. The third-order valence-electron chi connectivity index (χ3n) is 10.4. The van der Waals surface area contributed by atoms with Gasteiger partial charge in [-0.2, -0.15) is 0 Å². The van der Waals surface area contributed by atoms with Crippen molar-refractivity contribution in [3.63, 3.8) is 0 Å². The van der Waals surface area contributed by atoms with Crippen molar-refractivity contribution < 1.29 is 9.47 Å². The molecular weight excluding hydrogens is 422 g/mol.